The Morgan fingerprint density at radius 1 is 0.862 bits per heavy atom. The number of nitrogens with zero attached hydrogens (tertiary/aromatic N) is 2. The van der Waals surface area contributed by atoms with Crippen molar-refractivity contribution >= 4 is 47.1 Å². The third kappa shape index (κ3) is 13.7. The highest BCUT2D eigenvalue weighted by Gasteiger charge is 2.51. The van der Waals surface area contributed by atoms with Crippen LogP contribution in [-0.2, 0) is 40.2 Å². The van der Waals surface area contributed by atoms with E-state index < -0.39 is 6.09 Å². The summed E-state index contributed by atoms with van der Waals surface area (Å²) in [5.74, 6) is 7.20. The number of hydrogen-bond donors (Lipinski definition) is 4. The van der Waals surface area contributed by atoms with E-state index in [0.717, 1.165) is 53.1 Å². The van der Waals surface area contributed by atoms with Crippen LogP contribution < -0.4 is 26.2 Å². The Morgan fingerprint density at radius 2 is 1.57 bits per heavy atom. The van der Waals surface area contributed by atoms with Crippen LogP contribution in [-0.4, -0.2) is 118 Å². The molecule has 2 saturated heterocycles. The first-order valence-corrected chi connectivity index (χ1v) is 23.4. The van der Waals surface area contributed by atoms with Crippen LogP contribution in [0.1, 0.15) is 84.5 Å². The number of rotatable bonds is 25. The van der Waals surface area contributed by atoms with E-state index in [2.05, 4.69) is 45.2 Å². The maximum Gasteiger partial charge on any atom is 0.407 e. The van der Waals surface area contributed by atoms with Gasteiger partial charge in [-0.1, -0.05) is 71.9 Å². The van der Waals surface area contributed by atoms with Crippen molar-refractivity contribution in [3.8, 4) is 11.8 Å². The number of para-hydroxylation sites is 1. The van der Waals surface area contributed by atoms with E-state index in [9.17, 15) is 19.2 Å². The van der Waals surface area contributed by atoms with Crippen molar-refractivity contribution in [2.45, 2.75) is 81.4 Å². The second-order valence-corrected chi connectivity index (χ2v) is 17.6. The Bertz CT molecular complexity index is 2200. The minimum absolute atomic E-state index is 0.0483. The summed E-state index contributed by atoms with van der Waals surface area (Å²) in [6.07, 6.45) is 4.24. The zero-order valence-electron chi connectivity index (χ0n) is 36.8. The highest BCUT2D eigenvalue weighted by atomic mass is 32.2. The number of oxime groups is 1. The number of carbonyl (C=O) groups excluding carboxylic acids is 4. The molecule has 0 aliphatic carbocycles. The lowest BCUT2D eigenvalue weighted by Gasteiger charge is -2.27. The fourth-order valence-corrected chi connectivity index (χ4v) is 9.69. The van der Waals surface area contributed by atoms with Crippen LogP contribution in [0.5, 0.6) is 0 Å². The molecule has 346 valence electrons. The van der Waals surface area contributed by atoms with Gasteiger partial charge in [0.2, 0.25) is 5.91 Å². The Hall–Kier alpha value is -5.64. The largest absolute Gasteiger partial charge is 0.445 e. The van der Waals surface area contributed by atoms with Gasteiger partial charge in [-0.05, 0) is 68.0 Å². The molecule has 3 aromatic rings. The summed E-state index contributed by atoms with van der Waals surface area (Å²) in [5, 5.41) is 16.5. The summed E-state index contributed by atoms with van der Waals surface area (Å²) < 4.78 is 16.4. The van der Waals surface area contributed by atoms with Gasteiger partial charge < -0.3 is 45.2 Å². The fourth-order valence-electron chi connectivity index (χ4n) is 7.98. The van der Waals surface area contributed by atoms with Gasteiger partial charge in [0.15, 0.2) is 6.10 Å². The first-order chi connectivity index (χ1) is 31.8. The fraction of sp³-hybridized carbons (Fsp3) is 0.479. The molecule has 7 rings (SSSR count). The Balaban J connectivity index is 0.651. The van der Waals surface area contributed by atoms with Crippen molar-refractivity contribution in [3.05, 3.63) is 101 Å². The predicted molar refractivity (Wildman–Crippen MR) is 246 cm³/mol. The van der Waals surface area contributed by atoms with Gasteiger partial charge in [0.05, 0.1) is 48.3 Å². The van der Waals surface area contributed by atoms with Crippen LogP contribution in [0.25, 0.3) is 0 Å². The molecule has 16 nitrogen and oxygen atoms in total. The van der Waals surface area contributed by atoms with Crippen LogP contribution >= 0.6 is 11.8 Å². The molecule has 4 aliphatic rings. The topological polar surface area (TPSA) is 187 Å². The number of hydrogen-bond acceptors (Lipinski definition) is 12. The molecule has 17 heteroatoms. The van der Waals surface area contributed by atoms with Crippen LogP contribution in [0.15, 0.2) is 78.0 Å². The Labute approximate surface area is 384 Å². The van der Waals surface area contributed by atoms with Crippen molar-refractivity contribution in [2.24, 2.45) is 5.16 Å². The summed E-state index contributed by atoms with van der Waals surface area (Å²) >= 11 is 1.89. The van der Waals surface area contributed by atoms with Gasteiger partial charge in [-0.2, -0.15) is 11.8 Å². The molecule has 65 heavy (non-hydrogen) atoms. The number of benzene rings is 3. The lowest BCUT2D eigenvalue weighted by molar-refractivity contribution is -0.303. The minimum atomic E-state index is -0.517. The molecule has 0 radical (unpaired) electrons. The normalized spacial score (nSPS) is 20.4. The zero-order valence-corrected chi connectivity index (χ0v) is 37.6. The van der Waals surface area contributed by atoms with E-state index in [1.54, 1.807) is 11.0 Å². The van der Waals surface area contributed by atoms with Gasteiger partial charge in [-0.3, -0.25) is 9.59 Å². The van der Waals surface area contributed by atoms with E-state index in [1.807, 2.05) is 78.5 Å². The summed E-state index contributed by atoms with van der Waals surface area (Å²) in [4.78, 5) is 67.7. The van der Waals surface area contributed by atoms with Gasteiger partial charge in [0.25, 0.3) is 5.91 Å². The van der Waals surface area contributed by atoms with E-state index in [1.165, 1.54) is 0 Å². The molecule has 4 heterocycles. The molecular weight excluding hydrogens is 853 g/mol. The highest BCUT2D eigenvalue weighted by molar-refractivity contribution is 8.00. The van der Waals surface area contributed by atoms with Crippen molar-refractivity contribution in [1.29, 1.82) is 0 Å². The van der Waals surface area contributed by atoms with E-state index in [0.29, 0.717) is 88.1 Å². The number of anilines is 1. The van der Waals surface area contributed by atoms with E-state index >= 15 is 0 Å². The summed E-state index contributed by atoms with van der Waals surface area (Å²) in [6, 6.07) is 22.7. The molecule has 0 aromatic heterocycles. The number of amides is 5. The van der Waals surface area contributed by atoms with Crippen LogP contribution in [0.4, 0.5) is 15.3 Å². The second-order valence-electron chi connectivity index (χ2n) is 16.4. The molecule has 4 N–H and O–H groups in total. The van der Waals surface area contributed by atoms with Crippen LogP contribution in [0.2, 0.25) is 0 Å². The van der Waals surface area contributed by atoms with Gasteiger partial charge in [0, 0.05) is 61.3 Å². The SMILES string of the molecule is C[C@]12CSC(CCCCC(=O)NCCCOCCOOCCOCCCNC(=O)OCc3ccc(C4=NOC(CN5C(=O)c6ccccc6C#Cc6ccccc65)C4)cc3)[C@H]1NC(=O)N2. The quantitative estimate of drug-likeness (QED) is 0.0278. The number of carbonyl (C=O) groups is 4. The number of nitrogens with one attached hydrogen (secondary N) is 4. The van der Waals surface area contributed by atoms with Gasteiger partial charge in [0.1, 0.15) is 19.8 Å². The van der Waals surface area contributed by atoms with Crippen LogP contribution in [0, 0.1) is 11.8 Å². The third-order valence-corrected chi connectivity index (χ3v) is 13.1. The second kappa shape index (κ2) is 24.0. The lowest BCUT2D eigenvalue weighted by Crippen LogP contribution is -2.47. The number of alkyl carbamates (subject to hydrolysis) is 1. The van der Waals surface area contributed by atoms with Crippen molar-refractivity contribution in [2.75, 3.05) is 69.9 Å². The number of fused-ring (bicyclic) bond motifs is 3. The van der Waals surface area contributed by atoms with E-state index in [4.69, 9.17) is 28.8 Å². The van der Waals surface area contributed by atoms with Crippen molar-refractivity contribution in [3.63, 3.8) is 0 Å². The van der Waals surface area contributed by atoms with Gasteiger partial charge >= 0.3 is 12.1 Å². The molecule has 3 aromatic carbocycles. The third-order valence-electron chi connectivity index (χ3n) is 11.4. The number of urea groups is 1. The summed E-state index contributed by atoms with van der Waals surface area (Å²) in [5.41, 5.74) is 5.08. The number of ether oxygens (including phenoxy) is 3. The first-order valence-electron chi connectivity index (χ1n) is 22.4. The molecule has 2 fully saturated rings. The lowest BCUT2D eigenvalue weighted by atomic mass is 9.92. The Kier molecular flexibility index (Phi) is 17.5. The molecule has 4 atom stereocenters. The molecule has 0 bridgehead atoms. The average molecular weight is 911 g/mol. The monoisotopic (exact) mass is 910 g/mol. The Morgan fingerprint density at radius 3 is 2.35 bits per heavy atom. The maximum atomic E-state index is 13.8. The standard InChI is InChI=1S/C48H58N6O10S/c1-48-33-65-42(44(48)51-46(57)52-48)14-6-7-15-43(55)49-22-8-24-59-26-28-62-63-29-27-60-25-9-23-50-47(58)61-32-34-16-18-36(19-17-34)40-30-38(64-53-40)31-54-41-13-5-3-11-37(41)21-20-35-10-2-4-12-39(35)45(54)56/h2-5,10-13,16-19,38,42,44H,6-9,14-15,22-33H2,1H3,(H,49,55)(H,50,58)(H2,51,52,57)/t38?,42?,44-,48+/m1/s1. The van der Waals surface area contributed by atoms with Gasteiger partial charge in [-0.15, -0.1) is 0 Å². The zero-order chi connectivity index (χ0) is 45.3. The van der Waals surface area contributed by atoms with Crippen molar-refractivity contribution < 1.29 is 48.0 Å². The molecule has 4 aliphatic heterocycles. The maximum absolute atomic E-state index is 13.8. The number of unbranched alkanes of at least 4 members (excludes halogenated alkanes) is 1. The average Bonchev–Trinajstić information content (AvgIpc) is 4.00. The molecule has 0 saturated carbocycles. The summed E-state index contributed by atoms with van der Waals surface area (Å²) in [6.45, 7) is 5.65. The van der Waals surface area contributed by atoms with Crippen LogP contribution in [0.3, 0.4) is 0 Å². The number of thioether (sulfide) groups is 1. The van der Waals surface area contributed by atoms with E-state index in [-0.39, 0.29) is 55.4 Å². The predicted octanol–water partition coefficient (Wildman–Crippen LogP) is 5.46. The smallest absolute Gasteiger partial charge is 0.407 e. The minimum Gasteiger partial charge on any atom is -0.445 e. The summed E-state index contributed by atoms with van der Waals surface area (Å²) in [7, 11) is 0. The molecule has 5 amide bonds. The molecule has 0 spiro atoms. The first kappa shape index (κ1) is 47.3. The van der Waals surface area contributed by atoms with Crippen molar-refractivity contribution in [1.82, 2.24) is 21.3 Å². The highest BCUT2D eigenvalue weighted by Crippen LogP contribution is 2.39. The molecule has 2 unspecified atom stereocenters. The molecular formula is C48H58N6O10S. The van der Waals surface area contributed by atoms with Gasteiger partial charge in [-0.25, -0.2) is 19.4 Å².